The van der Waals surface area contributed by atoms with Crippen molar-refractivity contribution in [3.63, 3.8) is 0 Å². The molecule has 0 saturated heterocycles. The van der Waals surface area contributed by atoms with Crippen LogP contribution in [0.15, 0.2) is 42.5 Å². The molecule has 2 aromatic rings. The van der Waals surface area contributed by atoms with Gasteiger partial charge in [-0.15, -0.1) is 0 Å². The van der Waals surface area contributed by atoms with Gasteiger partial charge in [-0.2, -0.15) is 0 Å². The minimum Gasteiger partial charge on any atom is -0.322 e. The van der Waals surface area contributed by atoms with Crippen molar-refractivity contribution in [2.75, 3.05) is 5.32 Å². The molecule has 1 amide bonds. The summed E-state index contributed by atoms with van der Waals surface area (Å²) in [5, 5.41) is 13.9. The van der Waals surface area contributed by atoms with Crippen molar-refractivity contribution >= 4 is 28.9 Å². The average Bonchev–Trinajstić information content (AvgIpc) is 2.67. The largest absolute Gasteiger partial charge is 0.322 e. The summed E-state index contributed by atoms with van der Waals surface area (Å²) in [7, 11) is 0. The number of carbonyl (C=O) groups is 1. The van der Waals surface area contributed by atoms with Gasteiger partial charge in [0, 0.05) is 17.3 Å². The summed E-state index contributed by atoms with van der Waals surface area (Å²) in [6, 6.07) is 12.3. The van der Waals surface area contributed by atoms with Crippen LogP contribution in [0, 0.1) is 27.9 Å². The maximum Gasteiger partial charge on any atom is 0.288 e. The van der Waals surface area contributed by atoms with Gasteiger partial charge in [-0.05, 0) is 91.5 Å². The van der Waals surface area contributed by atoms with E-state index in [1.54, 1.807) is 0 Å². The highest BCUT2D eigenvalue weighted by Crippen LogP contribution is 2.60. The van der Waals surface area contributed by atoms with Gasteiger partial charge in [-0.3, -0.25) is 14.9 Å². The standard InChI is InChI=1S/C23H23ClN2O3/c24-20-6-1-17(10-21(20)26(28)29)22(27)25-19-4-2-18(3-5-19)23-11-14-7-15(12-23)9-16(8-14)13-23/h1-6,10,14-16H,7-9,11-13H2,(H,25,27). The van der Waals surface area contributed by atoms with Crippen LogP contribution in [0.25, 0.3) is 0 Å². The van der Waals surface area contributed by atoms with Crippen molar-refractivity contribution in [1.29, 1.82) is 0 Å². The molecule has 0 heterocycles. The zero-order chi connectivity index (χ0) is 20.2. The summed E-state index contributed by atoms with van der Waals surface area (Å²) < 4.78 is 0. The van der Waals surface area contributed by atoms with E-state index < -0.39 is 4.92 Å². The number of amides is 1. The van der Waals surface area contributed by atoms with Crippen LogP contribution in [0.2, 0.25) is 5.02 Å². The smallest absolute Gasteiger partial charge is 0.288 e. The summed E-state index contributed by atoms with van der Waals surface area (Å²) in [5.74, 6) is 2.29. The highest BCUT2D eigenvalue weighted by atomic mass is 35.5. The maximum absolute atomic E-state index is 12.5. The first-order chi connectivity index (χ1) is 13.9. The first-order valence-corrected chi connectivity index (χ1v) is 10.7. The quantitative estimate of drug-likeness (QED) is 0.498. The van der Waals surface area contributed by atoms with Gasteiger partial charge < -0.3 is 5.32 Å². The van der Waals surface area contributed by atoms with Crippen LogP contribution in [0.5, 0.6) is 0 Å². The SMILES string of the molecule is O=C(Nc1ccc(C23CC4CC(CC(C4)C2)C3)cc1)c1ccc(Cl)c([N+](=O)[O-])c1. The van der Waals surface area contributed by atoms with Crippen LogP contribution < -0.4 is 5.32 Å². The fraction of sp³-hybridized carbons (Fsp3) is 0.435. The van der Waals surface area contributed by atoms with Crippen LogP contribution in [0.3, 0.4) is 0 Å². The van der Waals surface area contributed by atoms with E-state index in [4.69, 9.17) is 11.6 Å². The Labute approximate surface area is 174 Å². The normalized spacial score (nSPS) is 29.6. The van der Waals surface area contributed by atoms with E-state index in [1.165, 1.54) is 62.3 Å². The first kappa shape index (κ1) is 18.6. The Morgan fingerprint density at radius 3 is 2.14 bits per heavy atom. The van der Waals surface area contributed by atoms with Crippen molar-refractivity contribution in [3.8, 4) is 0 Å². The van der Waals surface area contributed by atoms with Crippen LogP contribution >= 0.6 is 11.6 Å². The lowest BCUT2D eigenvalue weighted by Crippen LogP contribution is -2.48. The molecule has 0 atom stereocenters. The van der Waals surface area contributed by atoms with Gasteiger partial charge in [0.1, 0.15) is 5.02 Å². The van der Waals surface area contributed by atoms with E-state index in [2.05, 4.69) is 17.4 Å². The number of hydrogen-bond acceptors (Lipinski definition) is 3. The average molecular weight is 411 g/mol. The minimum absolute atomic E-state index is 0.0199. The Morgan fingerprint density at radius 1 is 1.00 bits per heavy atom. The summed E-state index contributed by atoms with van der Waals surface area (Å²) in [6.07, 6.45) is 8.17. The second kappa shape index (κ2) is 6.84. The van der Waals surface area contributed by atoms with E-state index >= 15 is 0 Å². The predicted octanol–water partition coefficient (Wildman–Crippen LogP) is 5.97. The van der Waals surface area contributed by atoms with Gasteiger partial charge >= 0.3 is 0 Å². The van der Waals surface area contributed by atoms with Crippen molar-refractivity contribution in [2.45, 2.75) is 43.9 Å². The van der Waals surface area contributed by atoms with E-state index in [0.29, 0.717) is 11.1 Å². The Hall–Kier alpha value is -2.40. The van der Waals surface area contributed by atoms with E-state index in [9.17, 15) is 14.9 Å². The van der Waals surface area contributed by atoms with Gasteiger partial charge in [-0.1, -0.05) is 23.7 Å². The highest BCUT2D eigenvalue weighted by molar-refractivity contribution is 6.32. The number of nitrogens with one attached hydrogen (secondary N) is 1. The molecular weight excluding hydrogens is 388 g/mol. The number of nitrogens with zero attached hydrogens (tertiary/aromatic N) is 1. The third-order valence-electron chi connectivity index (χ3n) is 7.20. The molecule has 0 aliphatic heterocycles. The molecule has 150 valence electrons. The third kappa shape index (κ3) is 3.31. The number of nitro benzene ring substituents is 1. The number of carbonyl (C=O) groups excluding carboxylic acids is 1. The van der Waals surface area contributed by atoms with Crippen LogP contribution in [0.1, 0.15) is 54.4 Å². The highest BCUT2D eigenvalue weighted by Gasteiger charge is 2.51. The summed E-state index contributed by atoms with van der Waals surface area (Å²) >= 11 is 5.83. The van der Waals surface area contributed by atoms with Crippen LogP contribution in [0.4, 0.5) is 11.4 Å². The molecule has 0 spiro atoms. The summed E-state index contributed by atoms with van der Waals surface area (Å²) in [4.78, 5) is 23.0. The molecule has 6 rings (SSSR count). The lowest BCUT2D eigenvalue weighted by atomic mass is 9.48. The fourth-order valence-electron chi connectivity index (χ4n) is 6.37. The lowest BCUT2D eigenvalue weighted by molar-refractivity contribution is -0.384. The monoisotopic (exact) mass is 410 g/mol. The Bertz CT molecular complexity index is 951. The van der Waals surface area contributed by atoms with Gasteiger partial charge in [-0.25, -0.2) is 0 Å². The predicted molar refractivity (Wildman–Crippen MR) is 112 cm³/mol. The molecule has 4 saturated carbocycles. The van der Waals surface area contributed by atoms with Crippen molar-refractivity contribution < 1.29 is 9.72 Å². The number of halogens is 1. The molecule has 4 fully saturated rings. The summed E-state index contributed by atoms with van der Waals surface area (Å²) in [5.41, 5.74) is 2.37. The molecule has 4 aliphatic rings. The second-order valence-corrected chi connectivity index (χ2v) is 9.56. The third-order valence-corrected chi connectivity index (χ3v) is 7.52. The van der Waals surface area contributed by atoms with Crippen LogP contribution in [-0.4, -0.2) is 10.8 Å². The maximum atomic E-state index is 12.5. The molecule has 2 aromatic carbocycles. The zero-order valence-corrected chi connectivity index (χ0v) is 16.8. The number of hydrogen-bond donors (Lipinski definition) is 1. The van der Waals surface area contributed by atoms with E-state index in [-0.39, 0.29) is 22.2 Å². The Balaban J connectivity index is 1.33. The van der Waals surface area contributed by atoms with Crippen LogP contribution in [-0.2, 0) is 5.41 Å². The van der Waals surface area contributed by atoms with Gasteiger partial charge in [0.05, 0.1) is 4.92 Å². The molecule has 4 aliphatic carbocycles. The van der Waals surface area contributed by atoms with Gasteiger partial charge in [0.2, 0.25) is 0 Å². The van der Waals surface area contributed by atoms with Crippen molar-refractivity contribution in [3.05, 3.63) is 68.7 Å². The minimum atomic E-state index is -0.584. The second-order valence-electron chi connectivity index (χ2n) is 9.15. The Morgan fingerprint density at radius 2 is 1.59 bits per heavy atom. The number of rotatable bonds is 4. The number of anilines is 1. The summed E-state index contributed by atoms with van der Waals surface area (Å²) in [6.45, 7) is 0. The van der Waals surface area contributed by atoms with E-state index in [1.807, 2.05) is 12.1 Å². The van der Waals surface area contributed by atoms with Gasteiger partial charge in [0.15, 0.2) is 0 Å². The topological polar surface area (TPSA) is 72.2 Å². The fourth-order valence-corrected chi connectivity index (χ4v) is 6.55. The first-order valence-electron chi connectivity index (χ1n) is 10.3. The molecule has 6 heteroatoms. The molecule has 4 bridgehead atoms. The van der Waals surface area contributed by atoms with Crippen molar-refractivity contribution in [1.82, 2.24) is 0 Å². The molecule has 29 heavy (non-hydrogen) atoms. The van der Waals surface area contributed by atoms with E-state index in [0.717, 1.165) is 17.8 Å². The molecule has 1 N–H and O–H groups in total. The number of benzene rings is 2. The molecule has 5 nitrogen and oxygen atoms in total. The zero-order valence-electron chi connectivity index (χ0n) is 16.1. The molecular formula is C23H23ClN2O3. The van der Waals surface area contributed by atoms with Gasteiger partial charge in [0.25, 0.3) is 11.6 Å². The number of nitro groups is 1. The van der Waals surface area contributed by atoms with Crippen molar-refractivity contribution in [2.24, 2.45) is 17.8 Å². The lowest BCUT2D eigenvalue weighted by Gasteiger charge is -2.57. The molecule has 0 aromatic heterocycles. The molecule has 0 radical (unpaired) electrons. The molecule has 0 unspecified atom stereocenters. The Kier molecular flexibility index (Phi) is 4.39.